The van der Waals surface area contributed by atoms with Gasteiger partial charge in [-0.25, -0.2) is 0 Å². The second-order valence-electron chi connectivity index (χ2n) is 5.11. The van der Waals surface area contributed by atoms with Gasteiger partial charge in [0.05, 0.1) is 0 Å². The van der Waals surface area contributed by atoms with Crippen LogP contribution in [0.15, 0.2) is 36.0 Å². The van der Waals surface area contributed by atoms with Gasteiger partial charge in [0.1, 0.15) is 11.6 Å². The van der Waals surface area contributed by atoms with Crippen molar-refractivity contribution in [3.8, 4) is 6.07 Å². The fourth-order valence-electron chi connectivity index (χ4n) is 2.04. The van der Waals surface area contributed by atoms with Crippen LogP contribution in [0.25, 0.3) is 0 Å². The molecular formula is C18H25N3O2. The zero-order chi connectivity index (χ0) is 16.9. The fraction of sp³-hybridized carbons (Fsp3) is 0.444. The molecular weight excluding hydrogens is 290 g/mol. The Hall–Kier alpha value is -2.32. The highest BCUT2D eigenvalue weighted by Crippen LogP contribution is 2.06. The van der Waals surface area contributed by atoms with Gasteiger partial charge in [0, 0.05) is 32.5 Å². The van der Waals surface area contributed by atoms with E-state index in [1.54, 1.807) is 0 Å². The van der Waals surface area contributed by atoms with Crippen LogP contribution in [-0.4, -0.2) is 32.2 Å². The summed E-state index contributed by atoms with van der Waals surface area (Å²) in [6, 6.07) is 10.1. The molecule has 124 valence electrons. The normalized spacial score (nSPS) is 10.9. The Morgan fingerprint density at radius 1 is 1.35 bits per heavy atom. The van der Waals surface area contributed by atoms with Crippen LogP contribution in [0.5, 0.6) is 0 Å². The summed E-state index contributed by atoms with van der Waals surface area (Å²) in [4.78, 5) is 11.8. The smallest absolute Gasteiger partial charge is 0.263 e. The van der Waals surface area contributed by atoms with E-state index >= 15 is 0 Å². The van der Waals surface area contributed by atoms with E-state index in [1.165, 1.54) is 17.3 Å². The Kier molecular flexibility index (Phi) is 9.18. The number of nitrogens with zero attached hydrogens (tertiary/aromatic N) is 1. The summed E-state index contributed by atoms with van der Waals surface area (Å²) in [7, 11) is 0. The Balaban J connectivity index is 2.33. The van der Waals surface area contributed by atoms with Gasteiger partial charge in [-0.2, -0.15) is 5.26 Å². The molecule has 0 saturated heterocycles. The van der Waals surface area contributed by atoms with Crippen LogP contribution in [0, 0.1) is 18.3 Å². The summed E-state index contributed by atoms with van der Waals surface area (Å²) in [6.45, 7) is 6.45. The van der Waals surface area contributed by atoms with Crippen LogP contribution in [0.2, 0.25) is 0 Å². The summed E-state index contributed by atoms with van der Waals surface area (Å²) < 4.78 is 5.19. The first-order valence-electron chi connectivity index (χ1n) is 7.93. The number of ether oxygens (including phenoxy) is 1. The molecule has 0 spiro atoms. The first-order valence-corrected chi connectivity index (χ1v) is 7.93. The standard InChI is InChI=1S/C18H25N3O2/c1-3-23-12-6-10-21-18(22)17(13-19)14-20-11-9-16-8-5-4-7-15(16)2/h4-5,7-8,14,20H,3,6,9-12H2,1-2H3,(H,21,22)/b17-14-. The molecule has 1 aromatic carbocycles. The van der Waals surface area contributed by atoms with Crippen LogP contribution in [-0.2, 0) is 16.0 Å². The lowest BCUT2D eigenvalue weighted by atomic mass is 10.1. The lowest BCUT2D eigenvalue weighted by Crippen LogP contribution is -2.27. The van der Waals surface area contributed by atoms with Crippen molar-refractivity contribution >= 4 is 5.91 Å². The third-order valence-corrected chi connectivity index (χ3v) is 3.37. The number of rotatable bonds is 10. The van der Waals surface area contributed by atoms with E-state index in [2.05, 4.69) is 29.7 Å². The maximum absolute atomic E-state index is 11.8. The van der Waals surface area contributed by atoms with Crippen molar-refractivity contribution in [3.05, 3.63) is 47.2 Å². The summed E-state index contributed by atoms with van der Waals surface area (Å²) in [5.74, 6) is -0.354. The molecule has 0 aliphatic rings. The molecule has 0 bridgehead atoms. The molecule has 1 rings (SSSR count). The molecule has 2 N–H and O–H groups in total. The van der Waals surface area contributed by atoms with Crippen LogP contribution >= 0.6 is 0 Å². The average molecular weight is 315 g/mol. The molecule has 0 atom stereocenters. The van der Waals surface area contributed by atoms with Crippen molar-refractivity contribution in [1.29, 1.82) is 5.26 Å². The average Bonchev–Trinajstić information content (AvgIpc) is 2.56. The maximum atomic E-state index is 11.8. The predicted molar refractivity (Wildman–Crippen MR) is 90.7 cm³/mol. The van der Waals surface area contributed by atoms with E-state index in [0.717, 1.165) is 12.8 Å². The third-order valence-electron chi connectivity index (χ3n) is 3.37. The second kappa shape index (κ2) is 11.3. The molecule has 0 aliphatic carbocycles. The first kappa shape index (κ1) is 18.7. The van der Waals surface area contributed by atoms with Gasteiger partial charge in [0.15, 0.2) is 0 Å². The number of carbonyl (C=O) groups is 1. The second-order valence-corrected chi connectivity index (χ2v) is 5.11. The first-order chi connectivity index (χ1) is 11.2. The maximum Gasteiger partial charge on any atom is 0.263 e. The van der Waals surface area contributed by atoms with E-state index in [9.17, 15) is 4.79 Å². The predicted octanol–water partition coefficient (Wildman–Crippen LogP) is 2.08. The highest BCUT2D eigenvalue weighted by molar-refractivity contribution is 5.97. The number of hydrogen-bond acceptors (Lipinski definition) is 4. The minimum atomic E-state index is -0.354. The minimum Gasteiger partial charge on any atom is -0.389 e. The van der Waals surface area contributed by atoms with Crippen LogP contribution < -0.4 is 10.6 Å². The Labute approximate surface area is 138 Å². The SMILES string of the molecule is CCOCCCNC(=O)/C(C#N)=C\NCCc1ccccc1C. The van der Waals surface area contributed by atoms with Gasteiger partial charge < -0.3 is 15.4 Å². The largest absolute Gasteiger partial charge is 0.389 e. The van der Waals surface area contributed by atoms with Gasteiger partial charge >= 0.3 is 0 Å². The van der Waals surface area contributed by atoms with E-state index in [0.29, 0.717) is 26.3 Å². The fourth-order valence-corrected chi connectivity index (χ4v) is 2.04. The van der Waals surface area contributed by atoms with Crippen LogP contribution in [0.4, 0.5) is 0 Å². The van der Waals surface area contributed by atoms with Crippen molar-refractivity contribution in [2.45, 2.75) is 26.7 Å². The lowest BCUT2D eigenvalue weighted by molar-refractivity contribution is -0.117. The van der Waals surface area contributed by atoms with Gasteiger partial charge in [-0.05, 0) is 37.8 Å². The van der Waals surface area contributed by atoms with Gasteiger partial charge in [-0.1, -0.05) is 24.3 Å². The molecule has 0 radical (unpaired) electrons. The minimum absolute atomic E-state index is 0.0891. The molecule has 0 aromatic heterocycles. The third kappa shape index (κ3) is 7.48. The van der Waals surface area contributed by atoms with Crippen molar-refractivity contribution in [3.63, 3.8) is 0 Å². The molecule has 5 nitrogen and oxygen atoms in total. The summed E-state index contributed by atoms with van der Waals surface area (Å²) in [6.07, 6.45) is 3.06. The Morgan fingerprint density at radius 3 is 2.83 bits per heavy atom. The van der Waals surface area contributed by atoms with Crippen molar-refractivity contribution in [2.24, 2.45) is 0 Å². The number of nitrogens with one attached hydrogen (secondary N) is 2. The zero-order valence-electron chi connectivity index (χ0n) is 13.9. The highest BCUT2D eigenvalue weighted by atomic mass is 16.5. The summed E-state index contributed by atoms with van der Waals surface area (Å²) in [5, 5.41) is 14.8. The van der Waals surface area contributed by atoms with Crippen LogP contribution in [0.3, 0.4) is 0 Å². The van der Waals surface area contributed by atoms with Crippen molar-refractivity contribution in [2.75, 3.05) is 26.3 Å². The van der Waals surface area contributed by atoms with E-state index in [-0.39, 0.29) is 11.5 Å². The molecule has 5 heteroatoms. The summed E-state index contributed by atoms with van der Waals surface area (Å²) >= 11 is 0. The number of nitriles is 1. The molecule has 0 unspecified atom stereocenters. The highest BCUT2D eigenvalue weighted by Gasteiger charge is 2.07. The van der Waals surface area contributed by atoms with Crippen molar-refractivity contribution in [1.82, 2.24) is 10.6 Å². The zero-order valence-corrected chi connectivity index (χ0v) is 13.9. The quantitative estimate of drug-likeness (QED) is 0.394. The number of hydrogen-bond donors (Lipinski definition) is 2. The van der Waals surface area contributed by atoms with Gasteiger partial charge in [-0.15, -0.1) is 0 Å². The van der Waals surface area contributed by atoms with E-state index < -0.39 is 0 Å². The molecule has 0 fully saturated rings. The Bertz CT molecular complexity index is 562. The Morgan fingerprint density at radius 2 is 2.13 bits per heavy atom. The van der Waals surface area contributed by atoms with Gasteiger partial charge in [0.25, 0.3) is 5.91 Å². The van der Waals surface area contributed by atoms with Gasteiger partial charge in [0.2, 0.25) is 0 Å². The lowest BCUT2D eigenvalue weighted by Gasteiger charge is -2.07. The van der Waals surface area contributed by atoms with E-state index in [4.69, 9.17) is 10.00 Å². The van der Waals surface area contributed by atoms with Crippen molar-refractivity contribution < 1.29 is 9.53 Å². The molecule has 0 heterocycles. The van der Waals surface area contributed by atoms with Crippen LogP contribution in [0.1, 0.15) is 24.5 Å². The molecule has 1 amide bonds. The number of carbonyl (C=O) groups excluding carboxylic acids is 1. The number of benzene rings is 1. The molecule has 0 aliphatic heterocycles. The molecule has 1 aromatic rings. The summed E-state index contributed by atoms with van der Waals surface area (Å²) in [5.41, 5.74) is 2.59. The topological polar surface area (TPSA) is 74.1 Å². The van der Waals surface area contributed by atoms with Gasteiger partial charge in [-0.3, -0.25) is 4.79 Å². The van der Waals surface area contributed by atoms with E-state index in [1.807, 2.05) is 25.1 Å². The molecule has 0 saturated carbocycles. The number of aryl methyl sites for hydroxylation is 1. The monoisotopic (exact) mass is 315 g/mol. The number of amides is 1. The molecule has 23 heavy (non-hydrogen) atoms.